The molecular weight excluding hydrogens is 521 g/mol. The second kappa shape index (κ2) is 10.8. The number of primary amides is 1. The summed E-state index contributed by atoms with van der Waals surface area (Å²) in [6.45, 7) is 6.95. The van der Waals surface area contributed by atoms with E-state index < -0.39 is 22.2 Å². The Morgan fingerprint density at radius 3 is 2.69 bits per heavy atom. The second-order valence-corrected chi connectivity index (χ2v) is 12.1. The van der Waals surface area contributed by atoms with E-state index in [1.165, 1.54) is 0 Å². The highest BCUT2D eigenvalue weighted by atomic mass is 35.5. The number of fused-ring (bicyclic) bond motifs is 1. The fourth-order valence-electron chi connectivity index (χ4n) is 3.92. The summed E-state index contributed by atoms with van der Waals surface area (Å²) in [6.07, 6.45) is 1.26. The summed E-state index contributed by atoms with van der Waals surface area (Å²) in [5, 5.41) is 0.598. The molecule has 2 heterocycles. The van der Waals surface area contributed by atoms with Gasteiger partial charge in [-0.05, 0) is 44.4 Å². The maximum atomic E-state index is 12.9. The first-order valence-electron chi connectivity index (χ1n) is 11.3. The Labute approximate surface area is 223 Å². The molecule has 3 aromatic rings. The third-order valence-corrected chi connectivity index (χ3v) is 8.17. The monoisotopic (exact) mass is 547 g/mol. The Morgan fingerprint density at radius 2 is 1.97 bits per heavy atom. The van der Waals surface area contributed by atoms with Crippen molar-refractivity contribution in [3.63, 3.8) is 0 Å². The molecule has 0 saturated heterocycles. The summed E-state index contributed by atoms with van der Waals surface area (Å²) < 4.78 is 21.0. The van der Waals surface area contributed by atoms with Crippen LogP contribution in [0, 0.1) is 0 Å². The minimum absolute atomic E-state index is 0.0646. The number of nitrogens with zero attached hydrogens (tertiary/aromatic N) is 3. The molecule has 0 radical (unpaired) electrons. The van der Waals surface area contributed by atoms with Crippen molar-refractivity contribution in [2.24, 2.45) is 5.73 Å². The molecule has 1 aliphatic rings. The smallest absolute Gasteiger partial charge is 0.411 e. The molecule has 190 valence electrons. The summed E-state index contributed by atoms with van der Waals surface area (Å²) in [5.74, 6) is 0.436. The third-order valence-electron chi connectivity index (χ3n) is 5.74. The number of halogens is 2. The zero-order valence-corrected chi connectivity index (χ0v) is 22.5. The van der Waals surface area contributed by atoms with E-state index in [9.17, 15) is 9.35 Å². The molecule has 11 heteroatoms. The number of aromatic nitrogens is 2. The second-order valence-electron chi connectivity index (χ2n) is 9.37. The molecule has 2 atom stereocenters. The van der Waals surface area contributed by atoms with Crippen LogP contribution < -0.4 is 20.1 Å². The van der Waals surface area contributed by atoms with Crippen LogP contribution in [0.3, 0.4) is 0 Å². The zero-order chi connectivity index (χ0) is 26.0. The van der Waals surface area contributed by atoms with Crippen LogP contribution in [0.15, 0.2) is 48.7 Å². The minimum atomic E-state index is -1.24. The van der Waals surface area contributed by atoms with Crippen molar-refractivity contribution in [2.45, 2.75) is 44.5 Å². The van der Waals surface area contributed by atoms with Gasteiger partial charge in [0.05, 0.1) is 22.3 Å². The van der Waals surface area contributed by atoms with E-state index in [2.05, 4.69) is 14.7 Å². The van der Waals surface area contributed by atoms with Gasteiger partial charge in [0.25, 0.3) is 5.88 Å². The van der Waals surface area contributed by atoms with E-state index in [0.717, 1.165) is 11.1 Å². The molecule has 1 aliphatic heterocycles. The van der Waals surface area contributed by atoms with Crippen molar-refractivity contribution in [1.29, 1.82) is 0 Å². The van der Waals surface area contributed by atoms with Crippen LogP contribution in [-0.2, 0) is 17.9 Å². The highest BCUT2D eigenvalue weighted by Crippen LogP contribution is 2.38. The van der Waals surface area contributed by atoms with E-state index in [1.807, 2.05) is 49.9 Å². The molecule has 0 spiro atoms. The summed E-state index contributed by atoms with van der Waals surface area (Å²) in [4.78, 5) is 22.8. The summed E-state index contributed by atoms with van der Waals surface area (Å²) >= 11 is 11.3. The topological polar surface area (TPSA) is 116 Å². The van der Waals surface area contributed by atoms with E-state index in [-0.39, 0.29) is 22.6 Å². The number of nitrogens with two attached hydrogens (primary N) is 1. The maximum absolute atomic E-state index is 12.9. The summed E-state index contributed by atoms with van der Waals surface area (Å²) in [6, 6.07) is 13.0. The predicted octanol–water partition coefficient (Wildman–Crippen LogP) is 5.41. The number of benzene rings is 2. The van der Waals surface area contributed by atoms with Crippen molar-refractivity contribution >= 4 is 46.5 Å². The van der Waals surface area contributed by atoms with Crippen LogP contribution in [-0.4, -0.2) is 31.9 Å². The number of rotatable bonds is 5. The standard InChI is InChI=1S/C25H27Cl2N5O3S/c1-25(2,3)36(34)31-19-11-12-32(14-15-7-4-5-8-16(15)19)20-13-29-22(23(30-20)35-24(28)33)17-9-6-10-18(26)21(17)27/h4-10,13,19,31H,11-12,14H2,1-3H3,(H2,28,33)/t19?,36-/m1/s1. The van der Waals surface area contributed by atoms with Gasteiger partial charge in [-0.15, -0.1) is 4.72 Å². The molecule has 2 aromatic carbocycles. The van der Waals surface area contributed by atoms with Gasteiger partial charge in [0.1, 0.15) is 10.4 Å². The first-order chi connectivity index (χ1) is 17.0. The molecule has 1 unspecified atom stereocenters. The van der Waals surface area contributed by atoms with Crippen LogP contribution in [0.5, 0.6) is 5.88 Å². The molecule has 3 N–H and O–H groups in total. The third kappa shape index (κ3) is 5.87. The lowest BCUT2D eigenvalue weighted by atomic mass is 10.0. The molecular formula is C25H27Cl2N5O3S. The number of amides is 1. The number of carbonyl (C=O) groups is 1. The Balaban J connectivity index is 1.69. The van der Waals surface area contributed by atoms with E-state index in [4.69, 9.17) is 33.7 Å². The van der Waals surface area contributed by atoms with Crippen LogP contribution >= 0.6 is 23.2 Å². The average molecular weight is 548 g/mol. The lowest BCUT2D eigenvalue weighted by molar-refractivity contribution is 0.209. The highest BCUT2D eigenvalue weighted by Gasteiger charge is 2.32. The lowest BCUT2D eigenvalue weighted by Gasteiger charge is -2.28. The molecule has 36 heavy (non-hydrogen) atoms. The van der Waals surface area contributed by atoms with Gasteiger partial charge in [0, 0.05) is 30.0 Å². The maximum Gasteiger partial charge on any atom is 0.411 e. The minimum Gasteiger partial charge on any atom is -0.598 e. The molecule has 0 fully saturated rings. The fraction of sp³-hybridized carbons (Fsp3) is 0.320. The first kappa shape index (κ1) is 26.5. The first-order valence-corrected chi connectivity index (χ1v) is 13.2. The summed E-state index contributed by atoms with van der Waals surface area (Å²) in [7, 11) is 0. The zero-order valence-electron chi connectivity index (χ0n) is 20.1. The Kier molecular flexibility index (Phi) is 7.96. The van der Waals surface area contributed by atoms with Gasteiger partial charge < -0.3 is 19.9 Å². The number of carbonyl (C=O) groups excluding carboxylic acids is 1. The van der Waals surface area contributed by atoms with E-state index in [1.54, 1.807) is 24.4 Å². The highest BCUT2D eigenvalue weighted by molar-refractivity contribution is 7.90. The number of nitrogens with one attached hydrogen (secondary N) is 1. The van der Waals surface area contributed by atoms with Crippen LogP contribution in [0.25, 0.3) is 11.3 Å². The Bertz CT molecular complexity index is 1270. The van der Waals surface area contributed by atoms with Crippen molar-refractivity contribution in [1.82, 2.24) is 14.7 Å². The number of hydrogen-bond donors (Lipinski definition) is 2. The number of hydrogen-bond acceptors (Lipinski definition) is 7. The van der Waals surface area contributed by atoms with Crippen LogP contribution in [0.2, 0.25) is 10.0 Å². The van der Waals surface area contributed by atoms with Gasteiger partial charge in [-0.3, -0.25) is 0 Å². The fourth-order valence-corrected chi connectivity index (χ4v) is 5.17. The SMILES string of the molecule is CC(C)(C)[S@@+]([O-])NC1CCN(c2cnc(-c3cccc(Cl)c3Cl)c(OC(N)=O)n2)Cc2ccccc21. The van der Waals surface area contributed by atoms with E-state index >= 15 is 0 Å². The van der Waals surface area contributed by atoms with Crippen molar-refractivity contribution < 1.29 is 14.1 Å². The van der Waals surface area contributed by atoms with Gasteiger partial charge in [0.15, 0.2) is 5.82 Å². The van der Waals surface area contributed by atoms with Crippen LogP contribution in [0.4, 0.5) is 10.6 Å². The Morgan fingerprint density at radius 1 is 1.22 bits per heavy atom. The lowest BCUT2D eigenvalue weighted by Crippen LogP contribution is -2.41. The van der Waals surface area contributed by atoms with Crippen molar-refractivity contribution in [3.05, 3.63) is 69.8 Å². The summed E-state index contributed by atoms with van der Waals surface area (Å²) in [5.41, 5.74) is 8.19. The molecule has 8 nitrogen and oxygen atoms in total. The van der Waals surface area contributed by atoms with Gasteiger partial charge in [-0.1, -0.05) is 59.6 Å². The molecule has 0 bridgehead atoms. The quantitative estimate of drug-likeness (QED) is 0.410. The van der Waals surface area contributed by atoms with Gasteiger partial charge in [-0.2, -0.15) is 4.98 Å². The normalized spacial score (nSPS) is 16.7. The molecule has 0 saturated carbocycles. The molecule has 1 aromatic heterocycles. The van der Waals surface area contributed by atoms with Crippen LogP contribution in [0.1, 0.15) is 44.4 Å². The van der Waals surface area contributed by atoms with E-state index in [0.29, 0.717) is 35.9 Å². The molecule has 4 rings (SSSR count). The predicted molar refractivity (Wildman–Crippen MR) is 144 cm³/mol. The number of anilines is 1. The molecule has 1 amide bonds. The van der Waals surface area contributed by atoms with Gasteiger partial charge >= 0.3 is 6.09 Å². The average Bonchev–Trinajstić information content (AvgIpc) is 3.00. The number of ether oxygens (including phenoxy) is 1. The van der Waals surface area contributed by atoms with Gasteiger partial charge in [-0.25, -0.2) is 9.78 Å². The van der Waals surface area contributed by atoms with Crippen molar-refractivity contribution in [2.75, 3.05) is 11.4 Å². The Hall–Kier alpha value is -2.56. The van der Waals surface area contributed by atoms with Crippen molar-refractivity contribution in [3.8, 4) is 17.1 Å². The largest absolute Gasteiger partial charge is 0.598 e. The molecule has 0 aliphatic carbocycles. The van der Waals surface area contributed by atoms with Gasteiger partial charge in [0.2, 0.25) is 0 Å².